The Morgan fingerprint density at radius 1 is 1.03 bits per heavy atom. The standard InChI is InChI=1S/C28H33N5O3/c29-23(18-20-9-11-22(12-10-20)27(34)32-14-16-36-17-15-32)28(35)33-13-5-4-8-25(33)26-30-19-24(31-26)21-6-2-1-3-7-21/h1-3,6-7,9-12,19,23,25H,4-5,8,13-18,29H2,(H,30,31)/t23-,25-/m0/s1. The van der Waals surface area contributed by atoms with Crippen molar-refractivity contribution in [2.45, 2.75) is 37.8 Å². The Balaban J connectivity index is 1.24. The van der Waals surface area contributed by atoms with Crippen LogP contribution in [0, 0.1) is 0 Å². The van der Waals surface area contributed by atoms with Gasteiger partial charge in [0.25, 0.3) is 5.91 Å². The van der Waals surface area contributed by atoms with Gasteiger partial charge < -0.3 is 25.3 Å². The second kappa shape index (κ2) is 11.1. The van der Waals surface area contributed by atoms with Gasteiger partial charge in [-0.1, -0.05) is 42.5 Å². The van der Waals surface area contributed by atoms with E-state index < -0.39 is 6.04 Å². The molecule has 2 saturated heterocycles. The lowest BCUT2D eigenvalue weighted by Crippen LogP contribution is -2.48. The number of rotatable bonds is 6. The normalized spacial score (nSPS) is 19.2. The third-order valence-corrected chi connectivity index (χ3v) is 7.05. The van der Waals surface area contributed by atoms with Gasteiger partial charge in [0.2, 0.25) is 5.91 Å². The third kappa shape index (κ3) is 5.34. The molecular weight excluding hydrogens is 454 g/mol. The highest BCUT2D eigenvalue weighted by Crippen LogP contribution is 2.31. The predicted octanol–water partition coefficient (Wildman–Crippen LogP) is 3.17. The molecule has 3 N–H and O–H groups in total. The summed E-state index contributed by atoms with van der Waals surface area (Å²) in [6.45, 7) is 3.04. The van der Waals surface area contributed by atoms with E-state index >= 15 is 0 Å². The van der Waals surface area contributed by atoms with Gasteiger partial charge in [-0.05, 0) is 48.9 Å². The first-order valence-corrected chi connectivity index (χ1v) is 12.7. The minimum atomic E-state index is -0.657. The molecule has 5 rings (SSSR count). The Morgan fingerprint density at radius 3 is 2.53 bits per heavy atom. The van der Waals surface area contributed by atoms with Gasteiger partial charge in [-0.2, -0.15) is 0 Å². The number of imidazole rings is 1. The molecule has 188 valence electrons. The molecule has 0 radical (unpaired) electrons. The van der Waals surface area contributed by atoms with E-state index in [2.05, 4.69) is 9.97 Å². The van der Waals surface area contributed by atoms with E-state index in [4.69, 9.17) is 10.5 Å². The maximum Gasteiger partial charge on any atom is 0.254 e. The number of nitrogens with zero attached hydrogens (tertiary/aromatic N) is 3. The summed E-state index contributed by atoms with van der Waals surface area (Å²) in [5, 5.41) is 0. The molecule has 8 heteroatoms. The van der Waals surface area contributed by atoms with Gasteiger partial charge in [-0.25, -0.2) is 4.98 Å². The zero-order chi connectivity index (χ0) is 24.9. The Labute approximate surface area is 211 Å². The lowest BCUT2D eigenvalue weighted by Gasteiger charge is -2.36. The van der Waals surface area contributed by atoms with Crippen LogP contribution >= 0.6 is 0 Å². The van der Waals surface area contributed by atoms with Crippen molar-refractivity contribution in [1.82, 2.24) is 19.8 Å². The number of ether oxygens (including phenoxy) is 1. The molecule has 2 aliphatic rings. The summed E-state index contributed by atoms with van der Waals surface area (Å²) in [5.74, 6) is 0.751. The lowest BCUT2D eigenvalue weighted by atomic mass is 9.98. The van der Waals surface area contributed by atoms with Gasteiger partial charge in [0, 0.05) is 25.2 Å². The number of benzene rings is 2. The predicted molar refractivity (Wildman–Crippen MR) is 137 cm³/mol. The van der Waals surface area contributed by atoms with Crippen molar-refractivity contribution in [3.8, 4) is 11.3 Å². The van der Waals surface area contributed by atoms with Crippen molar-refractivity contribution in [2.75, 3.05) is 32.8 Å². The molecule has 2 aromatic carbocycles. The number of aromatic amines is 1. The molecule has 3 heterocycles. The fraction of sp³-hybridized carbons (Fsp3) is 0.393. The number of likely N-dealkylation sites (tertiary alicyclic amines) is 1. The number of nitrogens with two attached hydrogens (primary N) is 1. The maximum absolute atomic E-state index is 13.4. The minimum Gasteiger partial charge on any atom is -0.378 e. The minimum absolute atomic E-state index is 0.00898. The molecule has 3 aromatic rings. The third-order valence-electron chi connectivity index (χ3n) is 7.05. The highest BCUT2D eigenvalue weighted by Gasteiger charge is 2.32. The van der Waals surface area contributed by atoms with E-state index in [0.717, 1.165) is 41.9 Å². The van der Waals surface area contributed by atoms with Crippen molar-refractivity contribution < 1.29 is 14.3 Å². The van der Waals surface area contributed by atoms with Crippen molar-refractivity contribution in [3.05, 3.63) is 77.7 Å². The summed E-state index contributed by atoms with van der Waals surface area (Å²) in [6, 6.07) is 16.7. The molecule has 0 saturated carbocycles. The molecule has 8 nitrogen and oxygen atoms in total. The summed E-state index contributed by atoms with van der Waals surface area (Å²) in [7, 11) is 0. The molecule has 0 aliphatic carbocycles. The van der Waals surface area contributed by atoms with Crippen molar-refractivity contribution in [2.24, 2.45) is 5.73 Å². The Morgan fingerprint density at radius 2 is 1.78 bits per heavy atom. The van der Waals surface area contributed by atoms with Crippen LogP contribution in [0.2, 0.25) is 0 Å². The number of amides is 2. The Kier molecular flexibility index (Phi) is 7.44. The quantitative estimate of drug-likeness (QED) is 0.556. The first-order valence-electron chi connectivity index (χ1n) is 12.7. The fourth-order valence-corrected chi connectivity index (χ4v) is 5.04. The number of hydrogen-bond acceptors (Lipinski definition) is 5. The summed E-state index contributed by atoms with van der Waals surface area (Å²) in [4.78, 5) is 37.9. The topological polar surface area (TPSA) is 105 Å². The van der Waals surface area contributed by atoms with Gasteiger partial charge in [0.1, 0.15) is 5.82 Å². The van der Waals surface area contributed by atoms with E-state index in [0.29, 0.717) is 44.8 Å². The van der Waals surface area contributed by atoms with Crippen LogP contribution in [0.1, 0.15) is 47.1 Å². The highest BCUT2D eigenvalue weighted by molar-refractivity contribution is 5.94. The number of carbonyl (C=O) groups excluding carboxylic acids is 2. The zero-order valence-corrected chi connectivity index (χ0v) is 20.4. The maximum atomic E-state index is 13.4. The summed E-state index contributed by atoms with van der Waals surface area (Å²) in [5.41, 5.74) is 10.0. The summed E-state index contributed by atoms with van der Waals surface area (Å²) in [6.07, 6.45) is 5.12. The molecular formula is C28H33N5O3. The van der Waals surface area contributed by atoms with E-state index in [-0.39, 0.29) is 17.9 Å². The van der Waals surface area contributed by atoms with E-state index in [1.165, 1.54) is 0 Å². The van der Waals surface area contributed by atoms with Crippen LogP contribution in [0.4, 0.5) is 0 Å². The van der Waals surface area contributed by atoms with Crippen LogP contribution in [0.3, 0.4) is 0 Å². The summed E-state index contributed by atoms with van der Waals surface area (Å²) < 4.78 is 5.33. The van der Waals surface area contributed by atoms with Crippen LogP contribution in [-0.4, -0.2) is 70.5 Å². The first-order chi connectivity index (χ1) is 17.6. The highest BCUT2D eigenvalue weighted by atomic mass is 16.5. The number of H-pyrrole nitrogens is 1. The number of carbonyl (C=O) groups is 2. The van der Waals surface area contributed by atoms with Crippen LogP contribution in [0.25, 0.3) is 11.3 Å². The summed E-state index contributed by atoms with van der Waals surface area (Å²) >= 11 is 0. The molecule has 1 aromatic heterocycles. The van der Waals surface area contributed by atoms with Crippen LogP contribution in [-0.2, 0) is 16.0 Å². The van der Waals surface area contributed by atoms with E-state index in [1.54, 1.807) is 0 Å². The Bertz CT molecular complexity index is 1170. The molecule has 0 unspecified atom stereocenters. The van der Waals surface area contributed by atoms with Gasteiger partial charge >= 0.3 is 0 Å². The number of morpholine rings is 1. The molecule has 2 aliphatic heterocycles. The van der Waals surface area contributed by atoms with Crippen LogP contribution in [0.15, 0.2) is 60.8 Å². The van der Waals surface area contributed by atoms with Crippen LogP contribution in [0.5, 0.6) is 0 Å². The van der Waals surface area contributed by atoms with Gasteiger partial charge in [0.15, 0.2) is 0 Å². The van der Waals surface area contributed by atoms with Crippen LogP contribution < -0.4 is 5.73 Å². The van der Waals surface area contributed by atoms with Gasteiger partial charge in [-0.15, -0.1) is 0 Å². The van der Waals surface area contributed by atoms with Crippen molar-refractivity contribution >= 4 is 11.8 Å². The first kappa shape index (κ1) is 24.2. The molecule has 2 fully saturated rings. The molecule has 0 bridgehead atoms. The molecule has 2 amide bonds. The average Bonchev–Trinajstić information content (AvgIpc) is 3.44. The zero-order valence-electron chi connectivity index (χ0n) is 20.4. The van der Waals surface area contributed by atoms with E-state index in [1.807, 2.05) is 70.6 Å². The SMILES string of the molecule is N[C@@H](Cc1ccc(C(=O)N2CCOCC2)cc1)C(=O)N1CCCC[C@H]1c1ncc(-c2ccccc2)[nH]1. The van der Waals surface area contributed by atoms with Crippen molar-refractivity contribution in [3.63, 3.8) is 0 Å². The smallest absolute Gasteiger partial charge is 0.254 e. The molecule has 36 heavy (non-hydrogen) atoms. The average molecular weight is 488 g/mol. The second-order valence-electron chi connectivity index (χ2n) is 9.50. The number of aromatic nitrogens is 2. The largest absolute Gasteiger partial charge is 0.378 e. The van der Waals surface area contributed by atoms with Gasteiger partial charge in [-0.3, -0.25) is 9.59 Å². The van der Waals surface area contributed by atoms with Gasteiger partial charge in [0.05, 0.1) is 37.2 Å². The van der Waals surface area contributed by atoms with E-state index in [9.17, 15) is 9.59 Å². The molecule has 0 spiro atoms. The lowest BCUT2D eigenvalue weighted by molar-refractivity contribution is -0.136. The second-order valence-corrected chi connectivity index (χ2v) is 9.50. The fourth-order valence-electron chi connectivity index (χ4n) is 5.04. The number of hydrogen-bond donors (Lipinski definition) is 2. The number of piperidine rings is 1. The monoisotopic (exact) mass is 487 g/mol. The molecule has 2 atom stereocenters. The number of nitrogens with one attached hydrogen (secondary N) is 1. The Hall–Kier alpha value is -3.49. The van der Waals surface area contributed by atoms with Crippen molar-refractivity contribution in [1.29, 1.82) is 0 Å².